The van der Waals surface area contributed by atoms with Crippen LogP contribution in [0, 0.1) is 12.8 Å². The minimum Gasteiger partial charge on any atom is -0.347 e. The van der Waals surface area contributed by atoms with Gasteiger partial charge in [-0.3, -0.25) is 9.59 Å². The SMILES string of the molecule is Cc1cccnc1NC(=O)C1CCCN(C(=O)CCn2ccc3ccccc32)C1. The van der Waals surface area contributed by atoms with E-state index in [-0.39, 0.29) is 17.7 Å². The van der Waals surface area contributed by atoms with Gasteiger partial charge in [-0.2, -0.15) is 0 Å². The van der Waals surface area contributed by atoms with Crippen molar-refractivity contribution in [1.82, 2.24) is 14.5 Å². The van der Waals surface area contributed by atoms with Crippen molar-refractivity contribution in [2.24, 2.45) is 5.92 Å². The number of carbonyl (C=O) groups excluding carboxylic acids is 2. The number of fused-ring (bicyclic) bond motifs is 1. The lowest BCUT2D eigenvalue weighted by Crippen LogP contribution is -2.44. The summed E-state index contributed by atoms with van der Waals surface area (Å²) in [4.78, 5) is 31.5. The van der Waals surface area contributed by atoms with Crippen LogP contribution in [-0.4, -0.2) is 39.4 Å². The first kappa shape index (κ1) is 19.2. The normalized spacial score (nSPS) is 16.7. The van der Waals surface area contributed by atoms with Crippen molar-refractivity contribution in [2.45, 2.75) is 32.7 Å². The zero-order valence-corrected chi connectivity index (χ0v) is 16.7. The molecule has 0 saturated carbocycles. The molecule has 1 saturated heterocycles. The molecule has 1 atom stereocenters. The van der Waals surface area contributed by atoms with E-state index in [9.17, 15) is 9.59 Å². The zero-order valence-electron chi connectivity index (χ0n) is 16.7. The topological polar surface area (TPSA) is 67.2 Å². The average Bonchev–Trinajstić information content (AvgIpc) is 3.17. The van der Waals surface area contributed by atoms with E-state index in [2.05, 4.69) is 33.1 Å². The van der Waals surface area contributed by atoms with Crippen LogP contribution < -0.4 is 5.32 Å². The summed E-state index contributed by atoms with van der Waals surface area (Å²) >= 11 is 0. The number of nitrogens with zero attached hydrogens (tertiary/aromatic N) is 3. The van der Waals surface area contributed by atoms with Crippen LogP contribution in [0.2, 0.25) is 0 Å². The molecule has 1 fully saturated rings. The number of nitrogens with one attached hydrogen (secondary N) is 1. The zero-order chi connectivity index (χ0) is 20.2. The van der Waals surface area contributed by atoms with Crippen molar-refractivity contribution >= 4 is 28.5 Å². The number of anilines is 1. The molecule has 29 heavy (non-hydrogen) atoms. The van der Waals surface area contributed by atoms with Gasteiger partial charge in [0.25, 0.3) is 0 Å². The van der Waals surface area contributed by atoms with Crippen molar-refractivity contribution in [3.8, 4) is 0 Å². The second kappa shape index (κ2) is 8.47. The van der Waals surface area contributed by atoms with Crippen LogP contribution in [0.15, 0.2) is 54.9 Å². The fourth-order valence-corrected chi connectivity index (χ4v) is 3.96. The Bertz CT molecular complexity index is 1030. The Hall–Kier alpha value is -3.15. The van der Waals surface area contributed by atoms with E-state index in [0.717, 1.165) is 30.5 Å². The number of hydrogen-bond acceptors (Lipinski definition) is 3. The molecule has 1 aliphatic rings. The molecule has 1 aliphatic heterocycles. The van der Waals surface area contributed by atoms with E-state index in [0.29, 0.717) is 25.3 Å². The smallest absolute Gasteiger partial charge is 0.230 e. The molecule has 4 rings (SSSR count). The second-order valence-corrected chi connectivity index (χ2v) is 7.66. The number of benzene rings is 1. The summed E-state index contributed by atoms with van der Waals surface area (Å²) in [5.41, 5.74) is 2.07. The molecule has 2 amide bonds. The van der Waals surface area contributed by atoms with Gasteiger partial charge in [0.15, 0.2) is 0 Å². The van der Waals surface area contributed by atoms with Gasteiger partial charge in [0.1, 0.15) is 5.82 Å². The Morgan fingerprint density at radius 3 is 2.90 bits per heavy atom. The van der Waals surface area contributed by atoms with Gasteiger partial charge in [-0.15, -0.1) is 0 Å². The number of amides is 2. The van der Waals surface area contributed by atoms with E-state index in [1.165, 1.54) is 5.39 Å². The van der Waals surface area contributed by atoms with Gasteiger partial charge < -0.3 is 14.8 Å². The quantitative estimate of drug-likeness (QED) is 0.724. The maximum Gasteiger partial charge on any atom is 0.230 e. The van der Waals surface area contributed by atoms with Crippen molar-refractivity contribution in [3.63, 3.8) is 0 Å². The van der Waals surface area contributed by atoms with Crippen molar-refractivity contribution in [3.05, 3.63) is 60.4 Å². The summed E-state index contributed by atoms with van der Waals surface area (Å²) in [5, 5.41) is 4.10. The van der Waals surface area contributed by atoms with Crippen molar-refractivity contribution in [1.29, 1.82) is 0 Å². The Labute approximate surface area is 170 Å². The minimum atomic E-state index is -0.193. The van der Waals surface area contributed by atoms with Crippen molar-refractivity contribution < 1.29 is 9.59 Å². The van der Waals surface area contributed by atoms with E-state index in [1.807, 2.05) is 42.3 Å². The molecule has 0 spiro atoms. The number of rotatable bonds is 5. The summed E-state index contributed by atoms with van der Waals surface area (Å²) in [7, 11) is 0. The molecule has 6 heteroatoms. The first-order chi connectivity index (χ1) is 14.1. The fourth-order valence-electron chi connectivity index (χ4n) is 3.96. The van der Waals surface area contributed by atoms with Crippen LogP contribution in [0.3, 0.4) is 0 Å². The van der Waals surface area contributed by atoms with Gasteiger partial charge in [-0.25, -0.2) is 4.98 Å². The summed E-state index contributed by atoms with van der Waals surface area (Å²) in [6.45, 7) is 3.76. The predicted octanol–water partition coefficient (Wildman–Crippen LogP) is 3.61. The van der Waals surface area contributed by atoms with Crippen LogP contribution >= 0.6 is 0 Å². The molecule has 3 aromatic rings. The largest absolute Gasteiger partial charge is 0.347 e. The fraction of sp³-hybridized carbons (Fsp3) is 0.348. The first-order valence-electron chi connectivity index (χ1n) is 10.2. The Morgan fingerprint density at radius 1 is 1.17 bits per heavy atom. The number of aryl methyl sites for hydroxylation is 2. The van der Waals surface area contributed by atoms with Crippen LogP contribution in [0.25, 0.3) is 10.9 Å². The Morgan fingerprint density at radius 2 is 2.03 bits per heavy atom. The Balaban J connectivity index is 1.34. The minimum absolute atomic E-state index is 0.0549. The molecule has 1 unspecified atom stereocenters. The van der Waals surface area contributed by atoms with Gasteiger partial charge in [0, 0.05) is 44.0 Å². The number of carbonyl (C=O) groups is 2. The standard InChI is InChI=1S/C23H26N4O2/c1-17-6-4-12-24-22(17)25-23(29)19-8-5-13-27(16-19)21(28)11-15-26-14-10-18-7-2-3-9-20(18)26/h2-4,6-7,9-10,12,14,19H,5,8,11,13,15-16H2,1H3,(H,24,25,29). The van der Waals surface area contributed by atoms with Gasteiger partial charge >= 0.3 is 0 Å². The predicted molar refractivity (Wildman–Crippen MR) is 113 cm³/mol. The van der Waals surface area contributed by atoms with Crippen LogP contribution in [0.1, 0.15) is 24.8 Å². The van der Waals surface area contributed by atoms with Crippen LogP contribution in [0.5, 0.6) is 0 Å². The summed E-state index contributed by atoms with van der Waals surface area (Å²) in [6, 6.07) is 14.0. The van der Waals surface area contributed by atoms with E-state index in [1.54, 1.807) is 6.20 Å². The van der Waals surface area contributed by atoms with Gasteiger partial charge in [-0.1, -0.05) is 24.3 Å². The van der Waals surface area contributed by atoms with Crippen molar-refractivity contribution in [2.75, 3.05) is 18.4 Å². The third-order valence-corrected chi connectivity index (χ3v) is 5.64. The molecule has 1 aromatic carbocycles. The number of pyridine rings is 1. The highest BCUT2D eigenvalue weighted by Gasteiger charge is 2.28. The third-order valence-electron chi connectivity index (χ3n) is 5.64. The molecule has 150 valence electrons. The molecule has 3 heterocycles. The summed E-state index contributed by atoms with van der Waals surface area (Å²) in [5.74, 6) is 0.456. The maximum atomic E-state index is 12.8. The molecule has 0 radical (unpaired) electrons. The highest BCUT2D eigenvalue weighted by Crippen LogP contribution is 2.21. The van der Waals surface area contributed by atoms with E-state index in [4.69, 9.17) is 0 Å². The van der Waals surface area contributed by atoms with E-state index < -0.39 is 0 Å². The molecular formula is C23H26N4O2. The van der Waals surface area contributed by atoms with Gasteiger partial charge in [-0.05, 0) is 48.9 Å². The summed E-state index contributed by atoms with van der Waals surface area (Å²) in [6.07, 6.45) is 5.78. The highest BCUT2D eigenvalue weighted by molar-refractivity contribution is 5.93. The molecular weight excluding hydrogens is 364 g/mol. The number of piperidine rings is 1. The molecule has 0 bridgehead atoms. The lowest BCUT2D eigenvalue weighted by atomic mass is 9.96. The maximum absolute atomic E-state index is 12.8. The lowest BCUT2D eigenvalue weighted by Gasteiger charge is -2.32. The second-order valence-electron chi connectivity index (χ2n) is 7.66. The first-order valence-corrected chi connectivity index (χ1v) is 10.2. The number of para-hydroxylation sites is 1. The molecule has 0 aliphatic carbocycles. The third kappa shape index (κ3) is 4.31. The number of likely N-dealkylation sites (tertiary alicyclic amines) is 1. The van der Waals surface area contributed by atoms with E-state index >= 15 is 0 Å². The average molecular weight is 390 g/mol. The molecule has 1 N–H and O–H groups in total. The highest BCUT2D eigenvalue weighted by atomic mass is 16.2. The van der Waals surface area contributed by atoms with Crippen LogP contribution in [0.4, 0.5) is 5.82 Å². The lowest BCUT2D eigenvalue weighted by molar-refractivity contribution is -0.134. The molecule has 2 aromatic heterocycles. The summed E-state index contributed by atoms with van der Waals surface area (Å²) < 4.78 is 2.12. The molecule has 6 nitrogen and oxygen atoms in total. The number of aromatic nitrogens is 2. The number of hydrogen-bond donors (Lipinski definition) is 1. The van der Waals surface area contributed by atoms with Gasteiger partial charge in [0.05, 0.1) is 5.92 Å². The monoisotopic (exact) mass is 390 g/mol. The van der Waals surface area contributed by atoms with Gasteiger partial charge in [0.2, 0.25) is 11.8 Å². The van der Waals surface area contributed by atoms with Crippen LogP contribution in [-0.2, 0) is 16.1 Å². The Kier molecular flexibility index (Phi) is 5.60.